The predicted molar refractivity (Wildman–Crippen MR) is 53.7 cm³/mol. The van der Waals surface area contributed by atoms with Crippen molar-refractivity contribution in [2.24, 2.45) is 0 Å². The molecule has 0 aliphatic carbocycles. The molecule has 3 heteroatoms. The Morgan fingerprint density at radius 3 is 2.69 bits per heavy atom. The van der Waals surface area contributed by atoms with Crippen LogP contribution in [0.2, 0.25) is 0 Å². The highest BCUT2D eigenvalue weighted by atomic mass is 16.5. The lowest BCUT2D eigenvalue weighted by molar-refractivity contribution is -0.143. The Balaban J connectivity index is 0.00000144. The lowest BCUT2D eigenvalue weighted by Gasteiger charge is -2.03. The van der Waals surface area contributed by atoms with E-state index in [-0.39, 0.29) is 13.4 Å². The lowest BCUT2D eigenvalue weighted by Crippen LogP contribution is -2.11. The molecule has 0 saturated carbocycles. The topological polar surface area (TPSA) is 29.3 Å². The van der Waals surface area contributed by atoms with E-state index in [0.29, 0.717) is 13.0 Å². The minimum absolute atomic E-state index is 0. The standard InChI is InChI=1S/C9H17NO2.CH4/c1-2-3-8-12-9(11)4-5-10-6-7-10;/h2-8H2,1H3;1H4. The quantitative estimate of drug-likeness (QED) is 0.360. The first-order valence-corrected chi connectivity index (χ1v) is 4.71. The molecule has 1 fully saturated rings. The minimum atomic E-state index is -0.0460. The lowest BCUT2D eigenvalue weighted by atomic mass is 10.3. The van der Waals surface area contributed by atoms with Crippen LogP contribution < -0.4 is 0 Å². The average molecular weight is 187 g/mol. The molecule has 0 N–H and O–H groups in total. The second-order valence-electron chi connectivity index (χ2n) is 3.17. The molecule has 13 heavy (non-hydrogen) atoms. The van der Waals surface area contributed by atoms with Gasteiger partial charge >= 0.3 is 5.97 Å². The summed E-state index contributed by atoms with van der Waals surface area (Å²) in [5.74, 6) is -0.0460. The summed E-state index contributed by atoms with van der Waals surface area (Å²) in [7, 11) is 0. The van der Waals surface area contributed by atoms with E-state index in [1.54, 1.807) is 0 Å². The molecule has 1 rings (SSSR count). The Kier molecular flexibility index (Phi) is 6.59. The van der Waals surface area contributed by atoms with Crippen molar-refractivity contribution < 1.29 is 9.53 Å². The van der Waals surface area contributed by atoms with E-state index in [1.807, 2.05) is 0 Å². The maximum atomic E-state index is 11.0. The van der Waals surface area contributed by atoms with E-state index in [9.17, 15) is 4.79 Å². The molecule has 0 aromatic rings. The first-order chi connectivity index (χ1) is 5.83. The molecule has 0 bridgehead atoms. The van der Waals surface area contributed by atoms with Crippen molar-refractivity contribution in [1.82, 2.24) is 4.90 Å². The Morgan fingerprint density at radius 1 is 1.46 bits per heavy atom. The molecule has 0 amide bonds. The molecular weight excluding hydrogens is 166 g/mol. The summed E-state index contributed by atoms with van der Waals surface area (Å²) in [6, 6.07) is 0. The average Bonchev–Trinajstić information content (AvgIpc) is 2.84. The van der Waals surface area contributed by atoms with Gasteiger partial charge in [0.15, 0.2) is 0 Å². The first kappa shape index (κ1) is 12.4. The fourth-order valence-corrected chi connectivity index (χ4v) is 0.946. The third-order valence-electron chi connectivity index (χ3n) is 1.93. The number of hydrogen-bond acceptors (Lipinski definition) is 3. The van der Waals surface area contributed by atoms with Crippen molar-refractivity contribution in [2.45, 2.75) is 33.6 Å². The zero-order valence-corrected chi connectivity index (χ0v) is 7.71. The number of carbonyl (C=O) groups is 1. The van der Waals surface area contributed by atoms with E-state index in [4.69, 9.17) is 4.74 Å². The monoisotopic (exact) mass is 187 g/mol. The Bertz CT molecular complexity index is 144. The van der Waals surface area contributed by atoms with Crippen LogP contribution in [0.25, 0.3) is 0 Å². The molecule has 1 aliphatic heterocycles. The number of nitrogens with zero attached hydrogens (tertiary/aromatic N) is 1. The number of unbranched alkanes of at least 4 members (excludes halogenated alkanes) is 1. The summed E-state index contributed by atoms with van der Waals surface area (Å²) in [4.78, 5) is 13.2. The molecule has 1 aliphatic rings. The maximum absolute atomic E-state index is 11.0. The fraction of sp³-hybridized carbons (Fsp3) is 0.900. The summed E-state index contributed by atoms with van der Waals surface area (Å²) in [6.45, 7) is 5.87. The van der Waals surface area contributed by atoms with Crippen molar-refractivity contribution in [3.63, 3.8) is 0 Å². The summed E-state index contributed by atoms with van der Waals surface area (Å²) < 4.78 is 5.00. The van der Waals surface area contributed by atoms with Gasteiger partial charge in [-0.2, -0.15) is 0 Å². The first-order valence-electron chi connectivity index (χ1n) is 4.71. The van der Waals surface area contributed by atoms with E-state index in [2.05, 4.69) is 11.8 Å². The van der Waals surface area contributed by atoms with Gasteiger partial charge < -0.3 is 9.64 Å². The van der Waals surface area contributed by atoms with Gasteiger partial charge in [-0.1, -0.05) is 20.8 Å². The number of ether oxygens (including phenoxy) is 1. The largest absolute Gasteiger partial charge is 0.466 e. The zero-order valence-electron chi connectivity index (χ0n) is 7.71. The normalized spacial score (nSPS) is 14.8. The number of rotatable bonds is 6. The van der Waals surface area contributed by atoms with Gasteiger partial charge in [-0.25, -0.2) is 0 Å². The van der Waals surface area contributed by atoms with Crippen molar-refractivity contribution in [3.8, 4) is 0 Å². The molecule has 0 unspecified atom stereocenters. The molecular formula is C10H21NO2. The predicted octanol–water partition coefficient (Wildman–Crippen LogP) is 1.67. The van der Waals surface area contributed by atoms with Crippen LogP contribution in [0, 0.1) is 0 Å². The Morgan fingerprint density at radius 2 is 2.15 bits per heavy atom. The van der Waals surface area contributed by atoms with Crippen LogP contribution >= 0.6 is 0 Å². The van der Waals surface area contributed by atoms with Crippen LogP contribution in [-0.2, 0) is 9.53 Å². The number of carbonyl (C=O) groups excluding carboxylic acids is 1. The molecule has 0 radical (unpaired) electrons. The van der Waals surface area contributed by atoms with Crippen LogP contribution in [0.15, 0.2) is 0 Å². The van der Waals surface area contributed by atoms with Gasteiger partial charge in [-0.15, -0.1) is 0 Å². The number of esters is 1. The molecule has 0 spiro atoms. The van der Waals surface area contributed by atoms with Crippen molar-refractivity contribution in [1.29, 1.82) is 0 Å². The molecule has 78 valence electrons. The summed E-state index contributed by atoms with van der Waals surface area (Å²) in [5.41, 5.74) is 0. The minimum Gasteiger partial charge on any atom is -0.466 e. The van der Waals surface area contributed by atoms with Gasteiger partial charge in [0.2, 0.25) is 0 Å². The van der Waals surface area contributed by atoms with Gasteiger partial charge in [0.05, 0.1) is 13.0 Å². The van der Waals surface area contributed by atoms with Crippen LogP contribution in [0.1, 0.15) is 33.6 Å². The molecule has 0 aromatic heterocycles. The van der Waals surface area contributed by atoms with E-state index >= 15 is 0 Å². The number of hydrogen-bond donors (Lipinski definition) is 0. The molecule has 0 atom stereocenters. The van der Waals surface area contributed by atoms with Gasteiger partial charge in [0.25, 0.3) is 0 Å². The summed E-state index contributed by atoms with van der Waals surface area (Å²) in [6.07, 6.45) is 2.62. The van der Waals surface area contributed by atoms with E-state index in [0.717, 1.165) is 32.5 Å². The third kappa shape index (κ3) is 6.58. The van der Waals surface area contributed by atoms with Gasteiger partial charge in [0.1, 0.15) is 0 Å². The van der Waals surface area contributed by atoms with Crippen LogP contribution in [0.5, 0.6) is 0 Å². The van der Waals surface area contributed by atoms with Crippen LogP contribution in [0.4, 0.5) is 0 Å². The molecule has 1 heterocycles. The second-order valence-corrected chi connectivity index (χ2v) is 3.17. The Hall–Kier alpha value is -0.570. The summed E-state index contributed by atoms with van der Waals surface area (Å²) >= 11 is 0. The highest BCUT2D eigenvalue weighted by Gasteiger charge is 2.17. The highest BCUT2D eigenvalue weighted by molar-refractivity contribution is 5.69. The maximum Gasteiger partial charge on any atom is 0.307 e. The van der Waals surface area contributed by atoms with Gasteiger partial charge in [-0.3, -0.25) is 4.79 Å². The van der Waals surface area contributed by atoms with Crippen molar-refractivity contribution in [3.05, 3.63) is 0 Å². The van der Waals surface area contributed by atoms with Gasteiger partial charge in [0, 0.05) is 19.6 Å². The fourth-order valence-electron chi connectivity index (χ4n) is 0.946. The zero-order chi connectivity index (χ0) is 8.81. The second kappa shape index (κ2) is 6.89. The van der Waals surface area contributed by atoms with E-state index in [1.165, 1.54) is 0 Å². The SMILES string of the molecule is C.CCCCOC(=O)CCN1CC1. The molecule has 3 nitrogen and oxygen atoms in total. The third-order valence-corrected chi connectivity index (χ3v) is 1.93. The highest BCUT2D eigenvalue weighted by Crippen LogP contribution is 2.04. The molecule has 1 saturated heterocycles. The van der Waals surface area contributed by atoms with E-state index < -0.39 is 0 Å². The molecule has 0 aromatic carbocycles. The van der Waals surface area contributed by atoms with Crippen molar-refractivity contribution >= 4 is 5.97 Å². The van der Waals surface area contributed by atoms with Gasteiger partial charge in [-0.05, 0) is 6.42 Å². The smallest absolute Gasteiger partial charge is 0.307 e. The van der Waals surface area contributed by atoms with Crippen LogP contribution in [-0.4, -0.2) is 37.1 Å². The van der Waals surface area contributed by atoms with Crippen molar-refractivity contribution in [2.75, 3.05) is 26.2 Å². The Labute approximate surface area is 81.1 Å². The van der Waals surface area contributed by atoms with Crippen LogP contribution in [0.3, 0.4) is 0 Å². The summed E-state index contributed by atoms with van der Waals surface area (Å²) in [5, 5.41) is 0.